The maximum Gasteiger partial charge on any atom is -0.0318 e. The average molecular weight is 473 g/mol. The molecule has 0 saturated heterocycles. The molecule has 18 atom stereocenters. The summed E-state index contributed by atoms with van der Waals surface area (Å²) in [5.74, 6) is 21.3. The van der Waals surface area contributed by atoms with E-state index in [9.17, 15) is 0 Å². The molecular weight excluding hydrogens is 420 g/mol. The molecule has 10 saturated carbocycles. The quantitative estimate of drug-likeness (QED) is 0.359. The first-order chi connectivity index (χ1) is 17.1. The maximum absolute atomic E-state index is 2.74. The summed E-state index contributed by atoms with van der Waals surface area (Å²) < 4.78 is 0. The zero-order valence-corrected chi connectivity index (χ0v) is 22.8. The van der Waals surface area contributed by atoms with Crippen molar-refractivity contribution >= 4 is 0 Å². The third-order valence-electron chi connectivity index (χ3n) is 16.7. The second-order valence-electron chi connectivity index (χ2n) is 17.8. The molecule has 8 bridgehead atoms. The summed E-state index contributed by atoms with van der Waals surface area (Å²) in [6.07, 6.45) is 22.9. The van der Waals surface area contributed by atoms with Crippen molar-refractivity contribution in [1.29, 1.82) is 0 Å². The van der Waals surface area contributed by atoms with E-state index in [0.717, 1.165) is 23.7 Å². The minimum Gasteiger partial charge on any atom is -0.0599 e. The standard InChI is InChI=1S/C35H52/c1-35(2,15-19-9-17-11-25(19)33-29-13-27(31(17)33)21-5-3-7-23(21)29)16-20-10-18-12-26(20)34-30-14-28(32(18)34)22-6-4-8-24(22)30/h17-34H,3-16H2,1-2H3. The number of hydrogen-bond acceptors (Lipinski definition) is 0. The monoisotopic (exact) mass is 472 g/mol. The molecule has 0 aromatic heterocycles. The van der Waals surface area contributed by atoms with E-state index in [1.165, 1.54) is 82.9 Å². The van der Waals surface area contributed by atoms with Gasteiger partial charge in [0.15, 0.2) is 0 Å². The van der Waals surface area contributed by atoms with E-state index < -0.39 is 0 Å². The Morgan fingerprint density at radius 1 is 0.429 bits per heavy atom. The molecule has 0 amide bonds. The molecule has 0 radical (unpaired) electrons. The van der Waals surface area contributed by atoms with Crippen LogP contribution < -0.4 is 0 Å². The van der Waals surface area contributed by atoms with E-state index in [-0.39, 0.29) is 0 Å². The van der Waals surface area contributed by atoms with Crippen molar-refractivity contribution in [2.45, 2.75) is 104 Å². The van der Waals surface area contributed by atoms with Crippen LogP contribution in [0, 0.1) is 112 Å². The lowest BCUT2D eigenvalue weighted by atomic mass is 9.58. The highest BCUT2D eigenvalue weighted by atomic mass is 14.7. The van der Waals surface area contributed by atoms with Gasteiger partial charge in [0.1, 0.15) is 0 Å². The molecule has 0 aliphatic heterocycles. The summed E-state index contributed by atoms with van der Waals surface area (Å²) in [7, 11) is 0. The van der Waals surface area contributed by atoms with Gasteiger partial charge in [0.25, 0.3) is 0 Å². The predicted molar refractivity (Wildman–Crippen MR) is 141 cm³/mol. The van der Waals surface area contributed by atoms with E-state index in [4.69, 9.17) is 0 Å². The highest BCUT2D eigenvalue weighted by Crippen LogP contribution is 2.76. The lowest BCUT2D eigenvalue weighted by Gasteiger charge is -2.47. The fraction of sp³-hybridized carbons (Fsp3) is 1.00. The van der Waals surface area contributed by atoms with E-state index in [0.29, 0.717) is 5.41 Å². The fourth-order valence-corrected chi connectivity index (χ4v) is 16.9. The van der Waals surface area contributed by atoms with Gasteiger partial charge in [-0.1, -0.05) is 26.7 Å². The van der Waals surface area contributed by atoms with Gasteiger partial charge in [-0.15, -0.1) is 0 Å². The van der Waals surface area contributed by atoms with Gasteiger partial charge >= 0.3 is 0 Å². The second kappa shape index (κ2) is 6.76. The van der Waals surface area contributed by atoms with Gasteiger partial charge in [0.2, 0.25) is 0 Å². The van der Waals surface area contributed by atoms with Gasteiger partial charge in [-0.3, -0.25) is 0 Å². The highest BCUT2D eigenvalue weighted by molar-refractivity contribution is 5.18. The molecule has 35 heavy (non-hydrogen) atoms. The van der Waals surface area contributed by atoms with Gasteiger partial charge in [0, 0.05) is 0 Å². The van der Waals surface area contributed by atoms with Crippen molar-refractivity contribution in [3.63, 3.8) is 0 Å². The molecule has 192 valence electrons. The molecule has 10 rings (SSSR count). The van der Waals surface area contributed by atoms with Crippen molar-refractivity contribution in [1.82, 2.24) is 0 Å². The van der Waals surface area contributed by atoms with E-state index in [1.54, 1.807) is 89.9 Å². The topological polar surface area (TPSA) is 0 Å². The minimum absolute atomic E-state index is 0.607. The van der Waals surface area contributed by atoms with Gasteiger partial charge in [-0.05, 0) is 189 Å². The van der Waals surface area contributed by atoms with Crippen molar-refractivity contribution in [2.75, 3.05) is 0 Å². The van der Waals surface area contributed by atoms with Gasteiger partial charge in [-0.25, -0.2) is 0 Å². The Balaban J connectivity index is 0.844. The van der Waals surface area contributed by atoms with Crippen LogP contribution in [-0.4, -0.2) is 0 Å². The van der Waals surface area contributed by atoms with Crippen LogP contribution in [0.2, 0.25) is 0 Å². The van der Waals surface area contributed by atoms with Crippen LogP contribution in [0.15, 0.2) is 0 Å². The SMILES string of the molecule is CC(C)(CC1CC2CC1C1C3CC(C4CCCC43)C21)CC1CC2CC1C1C3CC(C4CCCC43)C21. The molecule has 0 heteroatoms. The molecular formula is C35H52. The Hall–Kier alpha value is 0. The van der Waals surface area contributed by atoms with Crippen LogP contribution in [0.4, 0.5) is 0 Å². The molecule has 0 spiro atoms. The van der Waals surface area contributed by atoms with E-state index in [1.807, 2.05) is 0 Å². The first-order valence-corrected chi connectivity index (χ1v) is 17.1. The number of hydrogen-bond donors (Lipinski definition) is 0. The highest BCUT2D eigenvalue weighted by Gasteiger charge is 2.69. The van der Waals surface area contributed by atoms with Crippen molar-refractivity contribution < 1.29 is 0 Å². The first kappa shape index (κ1) is 20.9. The first-order valence-electron chi connectivity index (χ1n) is 17.1. The Morgan fingerprint density at radius 2 is 0.829 bits per heavy atom. The maximum atomic E-state index is 2.74. The molecule has 0 nitrogen and oxygen atoms in total. The lowest BCUT2D eigenvalue weighted by molar-refractivity contribution is 0.0161. The van der Waals surface area contributed by atoms with E-state index >= 15 is 0 Å². The lowest BCUT2D eigenvalue weighted by Crippen LogP contribution is -2.41. The zero-order chi connectivity index (χ0) is 22.8. The summed E-state index contributed by atoms with van der Waals surface area (Å²) >= 11 is 0. The van der Waals surface area contributed by atoms with Crippen molar-refractivity contribution in [2.24, 2.45) is 112 Å². The van der Waals surface area contributed by atoms with Crippen LogP contribution >= 0.6 is 0 Å². The van der Waals surface area contributed by atoms with Crippen LogP contribution in [0.3, 0.4) is 0 Å². The summed E-state index contributed by atoms with van der Waals surface area (Å²) in [4.78, 5) is 0. The molecule has 0 heterocycles. The molecule has 10 fully saturated rings. The van der Waals surface area contributed by atoms with Crippen LogP contribution in [-0.2, 0) is 0 Å². The smallest absolute Gasteiger partial charge is 0.0318 e. The zero-order valence-electron chi connectivity index (χ0n) is 22.8. The summed E-state index contributed by atoms with van der Waals surface area (Å²) in [6.45, 7) is 5.48. The molecule has 0 N–H and O–H groups in total. The number of rotatable bonds is 4. The average Bonchev–Trinajstić information content (AvgIpc) is 3.63. The molecule has 18 unspecified atom stereocenters. The molecule has 0 aromatic carbocycles. The van der Waals surface area contributed by atoms with Gasteiger partial charge < -0.3 is 0 Å². The Kier molecular flexibility index (Phi) is 4.04. The normalized spacial score (nSPS) is 66.0. The Bertz CT molecular complexity index is 843. The molecule has 0 aromatic rings. The molecule has 10 aliphatic rings. The van der Waals surface area contributed by atoms with Crippen LogP contribution in [0.25, 0.3) is 0 Å². The van der Waals surface area contributed by atoms with Crippen molar-refractivity contribution in [3.8, 4) is 0 Å². The van der Waals surface area contributed by atoms with E-state index in [2.05, 4.69) is 13.8 Å². The predicted octanol–water partition coefficient (Wildman–Crippen LogP) is 8.70. The fourth-order valence-electron chi connectivity index (χ4n) is 16.9. The van der Waals surface area contributed by atoms with Gasteiger partial charge in [-0.2, -0.15) is 0 Å². The van der Waals surface area contributed by atoms with Crippen LogP contribution in [0.1, 0.15) is 104 Å². The Labute approximate surface area is 215 Å². The molecule has 10 aliphatic carbocycles. The third-order valence-corrected chi connectivity index (χ3v) is 16.7. The second-order valence-corrected chi connectivity index (χ2v) is 17.8. The minimum atomic E-state index is 0.607. The Morgan fingerprint density at radius 3 is 1.26 bits per heavy atom. The third kappa shape index (κ3) is 2.50. The van der Waals surface area contributed by atoms with Crippen molar-refractivity contribution in [3.05, 3.63) is 0 Å². The summed E-state index contributed by atoms with van der Waals surface area (Å²) in [6, 6.07) is 0. The summed E-state index contributed by atoms with van der Waals surface area (Å²) in [5, 5.41) is 0. The number of fused-ring (bicyclic) bond motifs is 24. The van der Waals surface area contributed by atoms with Gasteiger partial charge in [0.05, 0.1) is 0 Å². The largest absolute Gasteiger partial charge is 0.0599 e. The summed E-state index contributed by atoms with van der Waals surface area (Å²) in [5.41, 5.74) is 0.607. The van der Waals surface area contributed by atoms with Crippen LogP contribution in [0.5, 0.6) is 0 Å².